The molecule has 0 aliphatic carbocycles. The number of aryl methyl sites for hydroxylation is 2. The Kier molecular flexibility index (Phi) is 5.63. The highest BCUT2D eigenvalue weighted by Crippen LogP contribution is 2.32. The number of hydrogen-bond donors (Lipinski definition) is 1. The van der Waals surface area contributed by atoms with Gasteiger partial charge < -0.3 is 9.84 Å². The molecule has 0 spiro atoms. The molecule has 1 N–H and O–H groups in total. The highest BCUT2D eigenvalue weighted by Gasteiger charge is 2.18. The van der Waals surface area contributed by atoms with Gasteiger partial charge in [-0.15, -0.1) is 0 Å². The lowest BCUT2D eigenvalue weighted by Gasteiger charge is -2.07. The van der Waals surface area contributed by atoms with Crippen LogP contribution in [0.3, 0.4) is 0 Å². The fraction of sp³-hybridized carbons (Fsp3) is 0.125. The zero-order valence-corrected chi connectivity index (χ0v) is 17.7. The zero-order chi connectivity index (χ0) is 21.1. The summed E-state index contributed by atoms with van der Waals surface area (Å²) in [7, 11) is 1.81. The Balaban J connectivity index is 1.85. The molecular weight excluding hydrogens is 396 g/mol. The number of benzene rings is 2. The molecule has 0 amide bonds. The molecule has 0 saturated heterocycles. The molecule has 6 heteroatoms. The molecule has 0 atom stereocenters. The predicted octanol–water partition coefficient (Wildman–Crippen LogP) is 6.03. The Morgan fingerprint density at radius 1 is 1.03 bits per heavy atom. The average molecular weight is 417 g/mol. The van der Waals surface area contributed by atoms with E-state index in [1.165, 1.54) is 11.1 Å². The number of pyridine rings is 1. The van der Waals surface area contributed by atoms with Crippen molar-refractivity contribution in [3.63, 3.8) is 0 Å². The van der Waals surface area contributed by atoms with Gasteiger partial charge >= 0.3 is 0 Å². The second kappa shape index (κ2) is 8.51. The Bertz CT molecular complexity index is 1230. The van der Waals surface area contributed by atoms with Crippen molar-refractivity contribution in [2.24, 2.45) is 0 Å². The van der Waals surface area contributed by atoms with Gasteiger partial charge in [0.1, 0.15) is 5.82 Å². The number of hydrogen-bond acceptors (Lipinski definition) is 5. The van der Waals surface area contributed by atoms with Crippen molar-refractivity contribution in [1.82, 2.24) is 15.1 Å². The molecule has 4 rings (SSSR count). The van der Waals surface area contributed by atoms with Gasteiger partial charge in [0.2, 0.25) is 5.82 Å². The van der Waals surface area contributed by atoms with E-state index in [4.69, 9.17) is 16.1 Å². The minimum Gasteiger partial charge on any atom is -0.373 e. The maximum absolute atomic E-state index is 6.51. The SMILES string of the molecule is CNc1ncccc1-c1noc(/C(=C\c2ccc(C)c(C)c2)c2ccccc2Cl)n1. The first-order chi connectivity index (χ1) is 14.6. The lowest BCUT2D eigenvalue weighted by Crippen LogP contribution is -1.96. The van der Waals surface area contributed by atoms with Crippen LogP contribution in [-0.4, -0.2) is 22.2 Å². The first kappa shape index (κ1) is 19.9. The van der Waals surface area contributed by atoms with Gasteiger partial charge in [-0.2, -0.15) is 4.98 Å². The van der Waals surface area contributed by atoms with Crippen LogP contribution in [0, 0.1) is 13.8 Å². The maximum Gasteiger partial charge on any atom is 0.258 e. The number of rotatable bonds is 5. The van der Waals surface area contributed by atoms with E-state index in [1.807, 2.05) is 49.5 Å². The van der Waals surface area contributed by atoms with E-state index < -0.39 is 0 Å². The molecule has 30 heavy (non-hydrogen) atoms. The topological polar surface area (TPSA) is 63.8 Å². The second-order valence-electron chi connectivity index (χ2n) is 6.95. The molecule has 0 radical (unpaired) electrons. The van der Waals surface area contributed by atoms with Crippen molar-refractivity contribution in [2.75, 3.05) is 12.4 Å². The summed E-state index contributed by atoms with van der Waals surface area (Å²) in [6.07, 6.45) is 3.73. The average Bonchev–Trinajstić information content (AvgIpc) is 3.25. The fourth-order valence-corrected chi connectivity index (χ4v) is 3.42. The number of nitrogens with one attached hydrogen (secondary N) is 1. The summed E-state index contributed by atoms with van der Waals surface area (Å²) in [4.78, 5) is 8.98. The number of nitrogens with zero attached hydrogens (tertiary/aromatic N) is 3. The molecule has 0 unspecified atom stereocenters. The van der Waals surface area contributed by atoms with E-state index in [-0.39, 0.29) is 0 Å². The third-order valence-electron chi connectivity index (χ3n) is 4.95. The van der Waals surface area contributed by atoms with Gasteiger partial charge in [0.15, 0.2) is 0 Å². The smallest absolute Gasteiger partial charge is 0.258 e. The molecule has 0 saturated carbocycles. The van der Waals surface area contributed by atoms with E-state index in [1.54, 1.807) is 6.20 Å². The van der Waals surface area contributed by atoms with Crippen molar-refractivity contribution in [3.8, 4) is 11.4 Å². The summed E-state index contributed by atoms with van der Waals surface area (Å²) in [6, 6.07) is 17.7. The lowest BCUT2D eigenvalue weighted by molar-refractivity contribution is 0.409. The molecule has 2 heterocycles. The van der Waals surface area contributed by atoms with Gasteiger partial charge in [0.25, 0.3) is 5.89 Å². The molecule has 2 aromatic heterocycles. The Morgan fingerprint density at radius 3 is 2.63 bits per heavy atom. The summed E-state index contributed by atoms with van der Waals surface area (Å²) >= 11 is 6.51. The number of halogens is 1. The summed E-state index contributed by atoms with van der Waals surface area (Å²) in [5.41, 5.74) is 5.83. The number of aromatic nitrogens is 3. The Hall–Kier alpha value is -3.44. The first-order valence-corrected chi connectivity index (χ1v) is 9.95. The van der Waals surface area contributed by atoms with Crippen molar-refractivity contribution < 1.29 is 4.52 Å². The molecule has 5 nitrogen and oxygen atoms in total. The van der Waals surface area contributed by atoms with Crippen LogP contribution < -0.4 is 5.32 Å². The number of anilines is 1. The van der Waals surface area contributed by atoms with Crippen molar-refractivity contribution in [3.05, 3.63) is 94.0 Å². The molecular formula is C24H21ClN4O. The summed E-state index contributed by atoms with van der Waals surface area (Å²) in [5.74, 6) is 1.53. The van der Waals surface area contributed by atoms with Gasteiger partial charge in [0, 0.05) is 29.4 Å². The lowest BCUT2D eigenvalue weighted by atomic mass is 10.00. The van der Waals surface area contributed by atoms with Crippen LogP contribution in [0.5, 0.6) is 0 Å². The molecule has 150 valence electrons. The van der Waals surface area contributed by atoms with Crippen molar-refractivity contribution >= 4 is 29.1 Å². The third kappa shape index (κ3) is 3.98. The highest BCUT2D eigenvalue weighted by molar-refractivity contribution is 6.32. The van der Waals surface area contributed by atoms with E-state index in [2.05, 4.69) is 52.5 Å². The second-order valence-corrected chi connectivity index (χ2v) is 7.36. The Labute approximate surface area is 180 Å². The maximum atomic E-state index is 6.51. The van der Waals surface area contributed by atoms with Crippen LogP contribution in [0.15, 0.2) is 65.3 Å². The van der Waals surface area contributed by atoms with Crippen molar-refractivity contribution in [1.29, 1.82) is 0 Å². The van der Waals surface area contributed by atoms with Crippen LogP contribution in [0.2, 0.25) is 5.02 Å². The standard InChI is InChI=1S/C24H21ClN4O/c1-15-10-11-17(13-16(15)2)14-20(18-7-4-5-9-21(18)25)24-28-23(29-30-24)19-8-6-12-27-22(19)26-3/h4-14H,1-3H3,(H,26,27)/b20-14-. The molecule has 0 aliphatic heterocycles. The van der Waals surface area contributed by atoms with Crippen LogP contribution >= 0.6 is 11.6 Å². The van der Waals surface area contributed by atoms with Crippen molar-refractivity contribution in [2.45, 2.75) is 13.8 Å². The molecule has 0 aliphatic rings. The minimum atomic E-state index is 0.391. The monoisotopic (exact) mass is 416 g/mol. The highest BCUT2D eigenvalue weighted by atomic mass is 35.5. The summed E-state index contributed by atoms with van der Waals surface area (Å²) < 4.78 is 5.67. The zero-order valence-electron chi connectivity index (χ0n) is 17.0. The van der Waals surface area contributed by atoms with E-state index in [0.717, 1.165) is 22.3 Å². The van der Waals surface area contributed by atoms with E-state index in [9.17, 15) is 0 Å². The molecule has 0 bridgehead atoms. The van der Waals surface area contributed by atoms with Gasteiger partial charge in [-0.1, -0.05) is 53.2 Å². The summed E-state index contributed by atoms with van der Waals surface area (Å²) in [5, 5.41) is 7.87. The van der Waals surface area contributed by atoms with E-state index in [0.29, 0.717) is 22.6 Å². The van der Waals surface area contributed by atoms with Crippen LogP contribution in [-0.2, 0) is 0 Å². The van der Waals surface area contributed by atoms with Gasteiger partial charge in [-0.25, -0.2) is 4.98 Å². The van der Waals surface area contributed by atoms with Crippen LogP contribution in [0.4, 0.5) is 5.82 Å². The molecule has 4 aromatic rings. The minimum absolute atomic E-state index is 0.391. The fourth-order valence-electron chi connectivity index (χ4n) is 3.18. The molecule has 0 fully saturated rings. The van der Waals surface area contributed by atoms with Crippen LogP contribution in [0.1, 0.15) is 28.1 Å². The summed E-state index contributed by atoms with van der Waals surface area (Å²) in [6.45, 7) is 4.18. The third-order valence-corrected chi connectivity index (χ3v) is 5.28. The van der Waals surface area contributed by atoms with E-state index >= 15 is 0 Å². The predicted molar refractivity (Wildman–Crippen MR) is 121 cm³/mol. The first-order valence-electron chi connectivity index (χ1n) is 9.58. The van der Waals surface area contributed by atoms with Gasteiger partial charge in [-0.3, -0.25) is 0 Å². The van der Waals surface area contributed by atoms with Gasteiger partial charge in [-0.05, 0) is 54.8 Å². The largest absolute Gasteiger partial charge is 0.373 e. The molecule has 2 aromatic carbocycles. The Morgan fingerprint density at radius 2 is 1.87 bits per heavy atom. The van der Waals surface area contributed by atoms with Gasteiger partial charge in [0.05, 0.1) is 5.56 Å². The normalized spacial score (nSPS) is 11.5. The van der Waals surface area contributed by atoms with Crippen LogP contribution in [0.25, 0.3) is 23.0 Å². The quantitative estimate of drug-likeness (QED) is 0.402.